The number of likely N-dealkylation sites (N-methyl/N-ethyl adjacent to an activating group) is 1. The van der Waals surface area contributed by atoms with Crippen molar-refractivity contribution in [3.63, 3.8) is 0 Å². The second kappa shape index (κ2) is 10.3. The van der Waals surface area contributed by atoms with Gasteiger partial charge in [-0.05, 0) is 37.9 Å². The number of hydrogen-bond acceptors (Lipinski definition) is 5. The molecule has 9 heteroatoms. The Labute approximate surface area is 179 Å². The minimum Gasteiger partial charge on any atom is -0.493 e. The molecule has 0 aliphatic rings. The lowest BCUT2D eigenvalue weighted by Gasteiger charge is -2.26. The van der Waals surface area contributed by atoms with Crippen LogP contribution in [0.1, 0.15) is 22.0 Å². The van der Waals surface area contributed by atoms with E-state index in [2.05, 4.69) is 5.32 Å². The average molecular weight is 440 g/mol. The number of benzene rings is 2. The highest BCUT2D eigenvalue weighted by Crippen LogP contribution is 2.36. The molecular weight excluding hydrogens is 417 g/mol. The van der Waals surface area contributed by atoms with Crippen LogP contribution in [0.2, 0.25) is 10.0 Å². The summed E-state index contributed by atoms with van der Waals surface area (Å²) in [7, 11) is 5.22. The van der Waals surface area contributed by atoms with E-state index >= 15 is 0 Å². The molecule has 0 aromatic heterocycles. The summed E-state index contributed by atoms with van der Waals surface area (Å²) in [6.07, 6.45) is 0. The molecule has 0 aliphatic heterocycles. The third-order valence-electron chi connectivity index (χ3n) is 4.19. The molecule has 2 amide bonds. The number of methoxy groups -OCH3 is 1. The van der Waals surface area contributed by atoms with Crippen LogP contribution in [0, 0.1) is 0 Å². The summed E-state index contributed by atoms with van der Waals surface area (Å²) in [5.74, 6) is -0.629. The van der Waals surface area contributed by atoms with Crippen LogP contribution >= 0.6 is 23.2 Å². The molecule has 3 N–H and O–H groups in total. The normalized spacial score (nSPS) is 11.8. The topological polar surface area (TPSA) is 93.9 Å². The van der Waals surface area contributed by atoms with Gasteiger partial charge in [0.1, 0.15) is 0 Å². The number of carbonyl (C=O) groups excluding carboxylic acids is 2. The summed E-state index contributed by atoms with van der Waals surface area (Å²) < 4.78 is 10.5. The molecule has 0 bridgehead atoms. The first kappa shape index (κ1) is 22.8. The van der Waals surface area contributed by atoms with E-state index in [-0.39, 0.29) is 40.6 Å². The third kappa shape index (κ3) is 6.00. The minimum atomic E-state index is -0.653. The van der Waals surface area contributed by atoms with Crippen LogP contribution in [0.25, 0.3) is 0 Å². The molecule has 0 fully saturated rings. The molecule has 0 unspecified atom stereocenters. The Hall–Kier alpha value is -2.48. The van der Waals surface area contributed by atoms with Gasteiger partial charge >= 0.3 is 0 Å². The van der Waals surface area contributed by atoms with Crippen LogP contribution in [0.15, 0.2) is 36.4 Å². The van der Waals surface area contributed by atoms with E-state index in [0.717, 1.165) is 5.56 Å². The highest BCUT2D eigenvalue weighted by Gasteiger charge is 2.20. The van der Waals surface area contributed by atoms with Gasteiger partial charge in [0.25, 0.3) is 11.8 Å². The van der Waals surface area contributed by atoms with Crippen molar-refractivity contribution in [2.45, 2.75) is 6.04 Å². The van der Waals surface area contributed by atoms with Gasteiger partial charge in [-0.25, -0.2) is 0 Å². The summed E-state index contributed by atoms with van der Waals surface area (Å²) in [4.78, 5) is 25.6. The summed E-state index contributed by atoms with van der Waals surface area (Å²) >= 11 is 12.5. The zero-order chi connectivity index (χ0) is 21.6. The van der Waals surface area contributed by atoms with E-state index in [1.807, 2.05) is 43.3 Å². The fraction of sp³-hybridized carbons (Fsp3) is 0.300. The Balaban J connectivity index is 2.18. The Kier molecular flexibility index (Phi) is 8.13. The van der Waals surface area contributed by atoms with Gasteiger partial charge in [0.2, 0.25) is 0 Å². The largest absolute Gasteiger partial charge is 0.493 e. The number of nitrogens with zero attached hydrogens (tertiary/aromatic N) is 1. The number of ether oxygens (including phenoxy) is 2. The molecule has 2 aromatic carbocycles. The van der Waals surface area contributed by atoms with Gasteiger partial charge in [-0.3, -0.25) is 9.59 Å². The fourth-order valence-electron chi connectivity index (χ4n) is 2.74. The first-order chi connectivity index (χ1) is 13.7. The molecular formula is C20H23Cl2N3O4. The molecule has 0 radical (unpaired) electrons. The van der Waals surface area contributed by atoms with Crippen molar-refractivity contribution in [1.29, 1.82) is 0 Å². The molecule has 2 rings (SSSR count). The Morgan fingerprint density at radius 3 is 2.45 bits per heavy atom. The van der Waals surface area contributed by atoms with Gasteiger partial charge in [0.15, 0.2) is 18.1 Å². The summed E-state index contributed by atoms with van der Waals surface area (Å²) in [5.41, 5.74) is 6.28. The molecule has 0 spiro atoms. The quantitative estimate of drug-likeness (QED) is 0.626. The van der Waals surface area contributed by atoms with Crippen LogP contribution in [-0.4, -0.2) is 51.1 Å². The fourth-order valence-corrected chi connectivity index (χ4v) is 3.27. The van der Waals surface area contributed by atoms with Gasteiger partial charge in [0.05, 0.1) is 18.2 Å². The lowest BCUT2D eigenvalue weighted by atomic mass is 10.1. The number of halogens is 2. The van der Waals surface area contributed by atoms with Gasteiger partial charge in [-0.2, -0.15) is 0 Å². The Morgan fingerprint density at radius 1 is 1.17 bits per heavy atom. The molecule has 0 saturated heterocycles. The van der Waals surface area contributed by atoms with Gasteiger partial charge < -0.3 is 25.4 Å². The smallest absolute Gasteiger partial charge is 0.255 e. The number of rotatable bonds is 9. The number of primary amides is 1. The van der Waals surface area contributed by atoms with Crippen LogP contribution in [0.5, 0.6) is 11.5 Å². The van der Waals surface area contributed by atoms with E-state index in [9.17, 15) is 9.59 Å². The summed E-state index contributed by atoms with van der Waals surface area (Å²) in [6.45, 7) is -0.0284. The van der Waals surface area contributed by atoms with Crippen LogP contribution < -0.4 is 20.5 Å². The number of carbonyl (C=O) groups is 2. The third-order valence-corrected chi connectivity index (χ3v) is 4.82. The molecule has 1 atom stereocenters. The second-order valence-electron chi connectivity index (χ2n) is 6.46. The van der Waals surface area contributed by atoms with Crippen molar-refractivity contribution in [3.8, 4) is 11.5 Å². The van der Waals surface area contributed by atoms with Gasteiger partial charge in [0, 0.05) is 17.1 Å². The number of amides is 2. The van der Waals surface area contributed by atoms with Crippen molar-refractivity contribution in [1.82, 2.24) is 10.2 Å². The van der Waals surface area contributed by atoms with Crippen molar-refractivity contribution in [2.24, 2.45) is 5.73 Å². The molecule has 0 heterocycles. The van der Waals surface area contributed by atoms with E-state index in [0.29, 0.717) is 11.6 Å². The van der Waals surface area contributed by atoms with Crippen molar-refractivity contribution in [2.75, 3.05) is 34.4 Å². The highest BCUT2D eigenvalue weighted by molar-refractivity contribution is 6.32. The molecule has 7 nitrogen and oxygen atoms in total. The first-order valence-corrected chi connectivity index (χ1v) is 9.47. The van der Waals surface area contributed by atoms with Crippen LogP contribution in [0.3, 0.4) is 0 Å². The zero-order valence-corrected chi connectivity index (χ0v) is 17.9. The maximum absolute atomic E-state index is 12.7. The predicted molar refractivity (Wildman–Crippen MR) is 113 cm³/mol. The van der Waals surface area contributed by atoms with Crippen LogP contribution in [0.4, 0.5) is 0 Å². The van der Waals surface area contributed by atoms with Crippen molar-refractivity contribution >= 4 is 35.0 Å². The Bertz CT molecular complexity index is 890. The first-order valence-electron chi connectivity index (χ1n) is 8.72. The minimum absolute atomic E-state index is 0.122. The number of hydrogen-bond donors (Lipinski definition) is 2. The molecule has 0 aliphatic carbocycles. The van der Waals surface area contributed by atoms with E-state index < -0.39 is 5.91 Å². The SMILES string of the molecule is COc1cc(C(=O)NC[C@@H](c2ccccc2Cl)N(C)C)cc(Cl)c1OCC(N)=O. The lowest BCUT2D eigenvalue weighted by Crippen LogP contribution is -2.34. The molecule has 29 heavy (non-hydrogen) atoms. The lowest BCUT2D eigenvalue weighted by molar-refractivity contribution is -0.119. The maximum Gasteiger partial charge on any atom is 0.255 e. The predicted octanol–water partition coefficient (Wildman–Crippen LogP) is 2.90. The Morgan fingerprint density at radius 2 is 1.86 bits per heavy atom. The summed E-state index contributed by atoms with van der Waals surface area (Å²) in [6, 6.07) is 10.3. The van der Waals surface area contributed by atoms with E-state index in [1.54, 1.807) is 0 Å². The number of nitrogens with one attached hydrogen (secondary N) is 1. The zero-order valence-electron chi connectivity index (χ0n) is 16.4. The van der Waals surface area contributed by atoms with E-state index in [4.69, 9.17) is 38.4 Å². The van der Waals surface area contributed by atoms with Crippen molar-refractivity contribution in [3.05, 3.63) is 57.6 Å². The summed E-state index contributed by atoms with van der Waals surface area (Å²) in [5, 5.41) is 3.64. The highest BCUT2D eigenvalue weighted by atomic mass is 35.5. The van der Waals surface area contributed by atoms with Crippen LogP contribution in [-0.2, 0) is 4.79 Å². The van der Waals surface area contributed by atoms with Crippen molar-refractivity contribution < 1.29 is 19.1 Å². The second-order valence-corrected chi connectivity index (χ2v) is 7.27. The monoisotopic (exact) mass is 439 g/mol. The molecule has 0 saturated carbocycles. The number of nitrogens with two attached hydrogens (primary N) is 1. The molecule has 2 aromatic rings. The van der Waals surface area contributed by atoms with Gasteiger partial charge in [-0.15, -0.1) is 0 Å². The maximum atomic E-state index is 12.7. The van der Waals surface area contributed by atoms with Gasteiger partial charge in [-0.1, -0.05) is 41.4 Å². The van der Waals surface area contributed by atoms with E-state index in [1.165, 1.54) is 19.2 Å². The average Bonchev–Trinajstić information content (AvgIpc) is 2.67. The standard InChI is InChI=1S/C20H23Cl2N3O4/c1-25(2)16(13-6-4-5-7-14(13)21)10-24-20(27)12-8-15(22)19(17(9-12)28-3)29-11-18(23)26/h4-9,16H,10-11H2,1-3H3,(H2,23,26)(H,24,27)/t16-/m0/s1. The molecule has 156 valence electrons.